The average molecular weight is 692 g/mol. The summed E-state index contributed by atoms with van der Waals surface area (Å²) in [4.78, 5) is 33.3. The fourth-order valence-electron chi connectivity index (χ4n) is 4.00. The molecule has 2 heterocycles. The monoisotopic (exact) mass is 691 g/mol. The van der Waals surface area contributed by atoms with Gasteiger partial charge in [-0.15, -0.1) is 0 Å². The minimum atomic E-state index is -1.94. The van der Waals surface area contributed by atoms with Gasteiger partial charge in [-0.05, 0) is 87.5 Å². The smallest absolute Gasteiger partial charge is 0.419 e. The minimum absolute atomic E-state index is 0.0397. The van der Waals surface area contributed by atoms with Crippen LogP contribution in [0.4, 0.5) is 4.79 Å². The van der Waals surface area contributed by atoms with Crippen LogP contribution < -0.4 is 0 Å². The van der Waals surface area contributed by atoms with Gasteiger partial charge in [-0.3, -0.25) is 4.79 Å². The number of hydrogen-bond acceptors (Lipinski definition) is 6. The number of ether oxygens (including phenoxy) is 2. The van der Waals surface area contributed by atoms with E-state index < -0.39 is 25.4 Å². The molecule has 0 unspecified atom stereocenters. The van der Waals surface area contributed by atoms with Crippen LogP contribution in [-0.4, -0.2) is 47.6 Å². The van der Waals surface area contributed by atoms with Crippen molar-refractivity contribution in [3.8, 4) is 11.8 Å². The molecule has 0 saturated carbocycles. The molecule has 0 fully saturated rings. The van der Waals surface area contributed by atoms with Gasteiger partial charge in [0.1, 0.15) is 5.60 Å². The Bertz CT molecular complexity index is 1510. The Hall–Kier alpha value is -2.62. The molecular formula is C31H42IN3O5Si. The fraction of sp³-hybridized carbons (Fsp3) is 0.516. The number of carbonyl (C=O) groups excluding carboxylic acids is 2. The molecule has 0 aliphatic heterocycles. The van der Waals surface area contributed by atoms with E-state index in [0.29, 0.717) is 21.4 Å². The van der Waals surface area contributed by atoms with Crippen LogP contribution >= 0.6 is 22.6 Å². The highest BCUT2D eigenvalue weighted by molar-refractivity contribution is 14.1. The first-order chi connectivity index (χ1) is 18.8. The van der Waals surface area contributed by atoms with Crippen molar-refractivity contribution < 1.29 is 23.5 Å². The number of H-pyrrole nitrogens is 1. The van der Waals surface area contributed by atoms with Crippen molar-refractivity contribution in [2.45, 2.75) is 97.6 Å². The van der Waals surface area contributed by atoms with Crippen LogP contribution in [0.5, 0.6) is 0 Å². The first-order valence-corrected chi connectivity index (χ1v) is 17.6. The highest BCUT2D eigenvalue weighted by atomic mass is 127. The topological polar surface area (TPSA) is 95.4 Å². The molecule has 8 nitrogen and oxygen atoms in total. The maximum atomic E-state index is 13.2. The van der Waals surface area contributed by atoms with Crippen LogP contribution in [0.15, 0.2) is 24.5 Å². The second-order valence-corrected chi connectivity index (χ2v) is 19.1. The highest BCUT2D eigenvalue weighted by Gasteiger charge is 2.38. The summed E-state index contributed by atoms with van der Waals surface area (Å²) in [6, 6.07) is 5.64. The summed E-state index contributed by atoms with van der Waals surface area (Å²) >= 11 is 2.08. The maximum Gasteiger partial charge on any atom is 0.419 e. The van der Waals surface area contributed by atoms with Gasteiger partial charge in [0.2, 0.25) is 0 Å². The Labute approximate surface area is 258 Å². The van der Waals surface area contributed by atoms with E-state index in [2.05, 4.69) is 78.3 Å². The second-order valence-electron chi connectivity index (χ2n) is 13.2. The average Bonchev–Trinajstić information content (AvgIpc) is 3.43. The maximum absolute atomic E-state index is 13.2. The summed E-state index contributed by atoms with van der Waals surface area (Å²) in [5, 5.41) is 0.875. The Balaban J connectivity index is 2.01. The van der Waals surface area contributed by atoms with Crippen LogP contribution in [-0.2, 0) is 37.1 Å². The van der Waals surface area contributed by atoms with E-state index in [0.717, 1.165) is 22.3 Å². The quantitative estimate of drug-likeness (QED) is 0.126. The molecule has 0 amide bonds. The minimum Gasteiger partial charge on any atom is -0.469 e. The van der Waals surface area contributed by atoms with Crippen molar-refractivity contribution in [3.05, 3.63) is 50.7 Å². The lowest BCUT2D eigenvalue weighted by Gasteiger charge is -2.36. The molecule has 0 spiro atoms. The third-order valence-electron chi connectivity index (χ3n) is 7.35. The van der Waals surface area contributed by atoms with Gasteiger partial charge in [0, 0.05) is 16.5 Å². The number of hydrogen-bond donors (Lipinski definition) is 1. The standard InChI is InChI=1S/C31H42IN3O5Si/c1-29(2,3)40-28(37)35-24-16-20(12-13-21(24)22(27(35)32)17-25(36)38-9)14-15-31(7,8)26-23(33-19-34-26)18-39-41(10,11)30(4,5)6/h12-13,16,19H,17-18H2,1-11H3,(H,33,34). The number of esters is 1. The number of imidazole rings is 1. The fourth-order valence-corrected chi connectivity index (χ4v) is 5.87. The Morgan fingerprint density at radius 3 is 2.34 bits per heavy atom. The third-order valence-corrected chi connectivity index (χ3v) is 13.0. The largest absolute Gasteiger partial charge is 0.469 e. The zero-order valence-corrected chi connectivity index (χ0v) is 29.2. The van der Waals surface area contributed by atoms with E-state index in [1.807, 2.05) is 52.8 Å². The number of halogens is 1. The van der Waals surface area contributed by atoms with E-state index in [4.69, 9.17) is 13.9 Å². The SMILES string of the molecule is COC(=O)Cc1c(I)n(C(=O)OC(C)(C)C)c2cc(C#CC(C)(C)c3nc[nH]c3CO[Si](C)(C)C(C)(C)C)ccc12. The molecule has 41 heavy (non-hydrogen) atoms. The van der Waals surface area contributed by atoms with Gasteiger partial charge in [0.05, 0.1) is 52.5 Å². The molecule has 1 N–H and O–H groups in total. The molecule has 2 aromatic heterocycles. The summed E-state index contributed by atoms with van der Waals surface area (Å²) in [5.74, 6) is 6.29. The number of aromatic nitrogens is 3. The number of rotatable bonds is 6. The lowest BCUT2D eigenvalue weighted by molar-refractivity contribution is -0.139. The summed E-state index contributed by atoms with van der Waals surface area (Å²) in [7, 11) is -0.590. The Morgan fingerprint density at radius 1 is 1.10 bits per heavy atom. The summed E-state index contributed by atoms with van der Waals surface area (Å²) in [6.45, 7) is 21.1. The Kier molecular flexibility index (Phi) is 9.57. The lowest BCUT2D eigenvalue weighted by Crippen LogP contribution is -2.40. The summed E-state index contributed by atoms with van der Waals surface area (Å²) in [5.41, 5.74) is 2.57. The summed E-state index contributed by atoms with van der Waals surface area (Å²) in [6.07, 6.45) is 1.21. The molecule has 222 valence electrons. The summed E-state index contributed by atoms with van der Waals surface area (Å²) < 4.78 is 19.1. The van der Waals surface area contributed by atoms with E-state index >= 15 is 0 Å². The van der Waals surface area contributed by atoms with Gasteiger partial charge < -0.3 is 18.9 Å². The van der Waals surface area contributed by atoms with E-state index in [-0.39, 0.29) is 17.4 Å². The molecule has 0 saturated heterocycles. The number of methoxy groups -OCH3 is 1. The van der Waals surface area contributed by atoms with Crippen molar-refractivity contribution >= 4 is 53.9 Å². The predicted molar refractivity (Wildman–Crippen MR) is 172 cm³/mol. The van der Waals surface area contributed by atoms with Crippen molar-refractivity contribution in [2.24, 2.45) is 0 Å². The van der Waals surface area contributed by atoms with Crippen molar-refractivity contribution in [1.82, 2.24) is 14.5 Å². The van der Waals surface area contributed by atoms with Crippen molar-refractivity contribution in [2.75, 3.05) is 7.11 Å². The van der Waals surface area contributed by atoms with E-state index in [1.165, 1.54) is 11.7 Å². The normalized spacial score (nSPS) is 12.7. The van der Waals surface area contributed by atoms with Gasteiger partial charge in [0.15, 0.2) is 8.32 Å². The molecule has 0 aliphatic rings. The number of benzene rings is 1. The highest BCUT2D eigenvalue weighted by Crippen LogP contribution is 2.37. The number of carbonyl (C=O) groups is 2. The number of nitrogens with one attached hydrogen (secondary N) is 1. The molecule has 3 rings (SSSR count). The third kappa shape index (κ3) is 7.61. The molecule has 3 aromatic rings. The van der Waals surface area contributed by atoms with Gasteiger partial charge in [0.25, 0.3) is 0 Å². The zero-order chi connectivity index (χ0) is 31.0. The van der Waals surface area contributed by atoms with Gasteiger partial charge in [-0.2, -0.15) is 0 Å². The molecule has 0 aliphatic carbocycles. The van der Waals surface area contributed by atoms with Crippen LogP contribution in [0.1, 0.15) is 77.9 Å². The zero-order valence-electron chi connectivity index (χ0n) is 26.0. The van der Waals surface area contributed by atoms with E-state index in [9.17, 15) is 9.59 Å². The van der Waals surface area contributed by atoms with Crippen LogP contribution in [0.25, 0.3) is 10.9 Å². The molecular weight excluding hydrogens is 649 g/mol. The molecule has 10 heteroatoms. The van der Waals surface area contributed by atoms with Crippen LogP contribution in [0.3, 0.4) is 0 Å². The molecule has 0 atom stereocenters. The molecule has 0 bridgehead atoms. The van der Waals surface area contributed by atoms with Crippen molar-refractivity contribution in [1.29, 1.82) is 0 Å². The number of aromatic amines is 1. The molecule has 0 radical (unpaired) electrons. The van der Waals surface area contributed by atoms with E-state index in [1.54, 1.807) is 6.33 Å². The van der Waals surface area contributed by atoms with Crippen molar-refractivity contribution in [3.63, 3.8) is 0 Å². The first-order valence-electron chi connectivity index (χ1n) is 13.6. The number of nitrogens with zero attached hydrogens (tertiary/aromatic N) is 2. The number of fused-ring (bicyclic) bond motifs is 1. The van der Waals surface area contributed by atoms with Gasteiger partial charge >= 0.3 is 12.1 Å². The van der Waals surface area contributed by atoms with Crippen LogP contribution in [0, 0.1) is 15.5 Å². The van der Waals surface area contributed by atoms with Gasteiger partial charge in [-0.1, -0.05) is 38.7 Å². The molecule has 1 aromatic carbocycles. The van der Waals surface area contributed by atoms with Crippen LogP contribution in [0.2, 0.25) is 18.1 Å². The first kappa shape index (κ1) is 32.9. The lowest BCUT2D eigenvalue weighted by atomic mass is 9.88. The second kappa shape index (κ2) is 11.9. The Morgan fingerprint density at radius 2 is 1.76 bits per heavy atom. The predicted octanol–water partition coefficient (Wildman–Crippen LogP) is 7.32. The van der Waals surface area contributed by atoms with Gasteiger partial charge in [-0.25, -0.2) is 14.3 Å².